The van der Waals surface area contributed by atoms with E-state index in [1.807, 2.05) is 0 Å². The van der Waals surface area contributed by atoms with Crippen LogP contribution in [0.25, 0.3) is 0 Å². The fourth-order valence-corrected chi connectivity index (χ4v) is 1.28. The molecule has 7 heteroatoms. The summed E-state index contributed by atoms with van der Waals surface area (Å²) < 4.78 is 40.2. The first-order valence-corrected chi connectivity index (χ1v) is 5.43. The minimum atomic E-state index is -4.41. The molecule has 0 fully saturated rings. The summed E-state index contributed by atoms with van der Waals surface area (Å²) >= 11 is 3.18. The lowest BCUT2D eigenvalue weighted by Gasteiger charge is -2.06. The van der Waals surface area contributed by atoms with Crippen LogP contribution in [0.4, 0.5) is 13.2 Å². The minimum absolute atomic E-state index is 0.0366. The average Bonchev–Trinajstić information content (AvgIpc) is 2.19. The molecule has 17 heavy (non-hydrogen) atoms. The lowest BCUT2D eigenvalue weighted by molar-refractivity contribution is -0.175. The standard InChI is InChI=1S/C10H9BrF3NO2/c11-7-1-2-8(15-4-7)3-9(16)5-17-6-10(12,13)14/h1-2,4H,3,5-6H2. The van der Waals surface area contributed by atoms with E-state index in [-0.39, 0.29) is 6.42 Å². The number of ether oxygens (including phenoxy) is 1. The molecule has 0 bridgehead atoms. The molecule has 0 aliphatic rings. The molecule has 0 saturated heterocycles. The molecule has 1 rings (SSSR count). The highest BCUT2D eigenvalue weighted by atomic mass is 79.9. The predicted octanol–water partition coefficient (Wildman–Crippen LogP) is 2.53. The van der Waals surface area contributed by atoms with Crippen molar-refractivity contribution in [3.05, 3.63) is 28.5 Å². The number of pyridine rings is 1. The summed E-state index contributed by atoms with van der Waals surface area (Å²) in [5.41, 5.74) is 0.494. The number of nitrogens with zero attached hydrogens (tertiary/aromatic N) is 1. The van der Waals surface area contributed by atoms with Crippen LogP contribution in [0.1, 0.15) is 5.69 Å². The molecule has 0 saturated carbocycles. The third kappa shape index (κ3) is 6.38. The Morgan fingerprint density at radius 1 is 1.41 bits per heavy atom. The smallest absolute Gasteiger partial charge is 0.364 e. The lowest BCUT2D eigenvalue weighted by atomic mass is 10.2. The number of halogens is 4. The summed E-state index contributed by atoms with van der Waals surface area (Å²) in [7, 11) is 0. The van der Waals surface area contributed by atoms with Crippen LogP contribution >= 0.6 is 15.9 Å². The van der Waals surface area contributed by atoms with Gasteiger partial charge in [-0.25, -0.2) is 0 Å². The Hall–Kier alpha value is -0.950. The van der Waals surface area contributed by atoms with Gasteiger partial charge in [0.25, 0.3) is 0 Å². The summed E-state index contributed by atoms with van der Waals surface area (Å²) in [5.74, 6) is -0.441. The highest BCUT2D eigenvalue weighted by Crippen LogP contribution is 2.14. The number of hydrogen-bond donors (Lipinski definition) is 0. The Balaban J connectivity index is 2.32. The zero-order valence-corrected chi connectivity index (χ0v) is 10.2. The zero-order chi connectivity index (χ0) is 12.9. The quantitative estimate of drug-likeness (QED) is 0.839. The van der Waals surface area contributed by atoms with Crippen molar-refractivity contribution in [1.29, 1.82) is 0 Å². The topological polar surface area (TPSA) is 39.2 Å². The largest absolute Gasteiger partial charge is 0.411 e. The summed E-state index contributed by atoms with van der Waals surface area (Å²) in [6.07, 6.45) is -2.93. The van der Waals surface area contributed by atoms with Crippen molar-refractivity contribution < 1.29 is 22.7 Å². The van der Waals surface area contributed by atoms with Gasteiger partial charge >= 0.3 is 6.18 Å². The van der Waals surface area contributed by atoms with Gasteiger partial charge in [0.1, 0.15) is 13.2 Å². The van der Waals surface area contributed by atoms with Gasteiger partial charge in [-0.15, -0.1) is 0 Å². The summed E-state index contributed by atoms with van der Waals surface area (Å²) in [4.78, 5) is 15.2. The second-order valence-corrected chi connectivity index (χ2v) is 4.21. The Labute approximate surface area is 104 Å². The fourth-order valence-electron chi connectivity index (χ4n) is 1.04. The van der Waals surface area contributed by atoms with E-state index in [1.54, 1.807) is 12.1 Å². The van der Waals surface area contributed by atoms with E-state index in [9.17, 15) is 18.0 Å². The zero-order valence-electron chi connectivity index (χ0n) is 8.63. The summed E-state index contributed by atoms with van der Waals surface area (Å²) in [6.45, 7) is -1.97. The molecule has 0 atom stereocenters. The van der Waals surface area contributed by atoms with Crippen LogP contribution in [0.5, 0.6) is 0 Å². The van der Waals surface area contributed by atoms with Gasteiger partial charge < -0.3 is 4.74 Å². The maximum Gasteiger partial charge on any atom is 0.411 e. The molecule has 0 aromatic carbocycles. The Kier molecular flexibility index (Phi) is 5.07. The molecule has 3 nitrogen and oxygen atoms in total. The van der Waals surface area contributed by atoms with Crippen molar-refractivity contribution in [2.45, 2.75) is 12.6 Å². The predicted molar refractivity (Wildman–Crippen MR) is 57.5 cm³/mol. The number of aromatic nitrogens is 1. The number of carbonyl (C=O) groups excluding carboxylic acids is 1. The van der Waals surface area contributed by atoms with E-state index in [2.05, 4.69) is 25.7 Å². The van der Waals surface area contributed by atoms with E-state index in [4.69, 9.17) is 0 Å². The third-order valence-corrected chi connectivity index (χ3v) is 2.16. The summed E-state index contributed by atoms with van der Waals surface area (Å²) in [5, 5.41) is 0. The second-order valence-electron chi connectivity index (χ2n) is 3.29. The third-order valence-electron chi connectivity index (χ3n) is 1.70. The van der Waals surface area contributed by atoms with Crippen molar-refractivity contribution in [2.75, 3.05) is 13.2 Å². The Morgan fingerprint density at radius 2 is 2.12 bits per heavy atom. The van der Waals surface area contributed by atoms with Gasteiger partial charge in [-0.2, -0.15) is 13.2 Å². The van der Waals surface area contributed by atoms with Crippen LogP contribution in [0.3, 0.4) is 0 Å². The SMILES string of the molecule is O=C(COCC(F)(F)F)Cc1ccc(Br)cn1. The normalized spacial score (nSPS) is 11.5. The first-order valence-electron chi connectivity index (χ1n) is 4.63. The molecule has 0 spiro atoms. The van der Waals surface area contributed by atoms with Crippen LogP contribution < -0.4 is 0 Å². The molecule has 0 radical (unpaired) electrons. The van der Waals surface area contributed by atoms with Gasteiger partial charge in [0.05, 0.1) is 6.42 Å². The van der Waals surface area contributed by atoms with E-state index in [0.717, 1.165) is 4.47 Å². The average molecular weight is 312 g/mol. The number of alkyl halides is 3. The number of Topliss-reactive ketones (excluding diaryl/α,β-unsaturated/α-hetero) is 1. The van der Waals surface area contributed by atoms with Gasteiger partial charge in [-0.05, 0) is 28.1 Å². The van der Waals surface area contributed by atoms with Crippen molar-refractivity contribution in [3.8, 4) is 0 Å². The molecular formula is C10H9BrF3NO2. The second kappa shape index (κ2) is 6.11. The highest BCUT2D eigenvalue weighted by molar-refractivity contribution is 9.10. The van der Waals surface area contributed by atoms with E-state index in [0.29, 0.717) is 5.69 Å². The number of rotatable bonds is 5. The van der Waals surface area contributed by atoms with Crippen molar-refractivity contribution in [3.63, 3.8) is 0 Å². The fraction of sp³-hybridized carbons (Fsp3) is 0.400. The lowest BCUT2D eigenvalue weighted by Crippen LogP contribution is -2.21. The molecule has 1 aromatic heterocycles. The van der Waals surface area contributed by atoms with Crippen molar-refractivity contribution >= 4 is 21.7 Å². The molecule has 0 N–H and O–H groups in total. The van der Waals surface area contributed by atoms with Gasteiger partial charge in [0.15, 0.2) is 5.78 Å². The number of hydrogen-bond acceptors (Lipinski definition) is 3. The molecule has 0 aliphatic heterocycles. The van der Waals surface area contributed by atoms with E-state index >= 15 is 0 Å². The maximum atomic E-state index is 11.7. The van der Waals surface area contributed by atoms with Gasteiger partial charge in [-0.3, -0.25) is 9.78 Å². The molecule has 1 aromatic rings. The first kappa shape index (κ1) is 14.1. The Morgan fingerprint density at radius 3 is 2.65 bits per heavy atom. The van der Waals surface area contributed by atoms with Crippen molar-refractivity contribution in [1.82, 2.24) is 4.98 Å². The Bertz CT molecular complexity index is 378. The molecule has 0 amide bonds. The van der Waals surface area contributed by atoms with Crippen LogP contribution in [-0.4, -0.2) is 30.2 Å². The van der Waals surface area contributed by atoms with Crippen LogP contribution in [-0.2, 0) is 16.0 Å². The van der Waals surface area contributed by atoms with E-state index in [1.165, 1.54) is 6.20 Å². The highest BCUT2D eigenvalue weighted by Gasteiger charge is 2.27. The summed E-state index contributed by atoms with van der Waals surface area (Å²) in [6, 6.07) is 3.32. The van der Waals surface area contributed by atoms with Gasteiger partial charge in [-0.1, -0.05) is 0 Å². The van der Waals surface area contributed by atoms with Crippen LogP contribution in [0.15, 0.2) is 22.8 Å². The van der Waals surface area contributed by atoms with Gasteiger partial charge in [0, 0.05) is 16.4 Å². The van der Waals surface area contributed by atoms with Gasteiger partial charge in [0.2, 0.25) is 0 Å². The molecule has 1 heterocycles. The minimum Gasteiger partial charge on any atom is -0.364 e. The van der Waals surface area contributed by atoms with Crippen LogP contribution in [0, 0.1) is 0 Å². The molecule has 0 aliphatic carbocycles. The monoisotopic (exact) mass is 311 g/mol. The van der Waals surface area contributed by atoms with Crippen LogP contribution in [0.2, 0.25) is 0 Å². The van der Waals surface area contributed by atoms with Crippen molar-refractivity contribution in [2.24, 2.45) is 0 Å². The van der Waals surface area contributed by atoms with E-state index < -0.39 is 25.2 Å². The number of ketones is 1. The first-order chi connectivity index (χ1) is 7.87. The molecule has 94 valence electrons. The number of carbonyl (C=O) groups is 1. The molecular weight excluding hydrogens is 303 g/mol. The molecule has 0 unspecified atom stereocenters. The maximum absolute atomic E-state index is 11.7.